The van der Waals surface area contributed by atoms with Crippen LogP contribution in [0.5, 0.6) is 0 Å². The van der Waals surface area contributed by atoms with Crippen molar-refractivity contribution < 1.29 is 18.7 Å². The molecule has 0 N–H and O–H groups in total. The molecule has 1 aromatic heterocycles. The molecule has 0 bridgehead atoms. The summed E-state index contributed by atoms with van der Waals surface area (Å²) in [6.45, 7) is 8.35. The van der Waals surface area contributed by atoms with Crippen LogP contribution in [-0.2, 0) is 9.47 Å². The molecule has 0 radical (unpaired) electrons. The van der Waals surface area contributed by atoms with Crippen molar-refractivity contribution in [1.29, 1.82) is 0 Å². The first kappa shape index (κ1) is 17.5. The van der Waals surface area contributed by atoms with Gasteiger partial charge in [-0.25, -0.2) is 0 Å². The first-order valence-corrected chi connectivity index (χ1v) is 8.74. The monoisotopic (exact) mass is 336 g/mol. The lowest BCUT2D eigenvalue weighted by atomic mass is 9.93. The van der Waals surface area contributed by atoms with Crippen LogP contribution in [0.15, 0.2) is 22.8 Å². The van der Waals surface area contributed by atoms with E-state index in [0.29, 0.717) is 44.0 Å². The molecule has 0 aromatic carbocycles. The van der Waals surface area contributed by atoms with Crippen LogP contribution in [0.4, 0.5) is 0 Å². The van der Waals surface area contributed by atoms with Gasteiger partial charge in [-0.2, -0.15) is 0 Å². The molecule has 0 saturated carbocycles. The molecule has 1 spiro atoms. The highest BCUT2D eigenvalue weighted by Gasteiger charge is 2.44. The highest BCUT2D eigenvalue weighted by molar-refractivity contribution is 5.91. The van der Waals surface area contributed by atoms with Gasteiger partial charge < -0.3 is 23.7 Å². The molecular weight excluding hydrogens is 308 g/mol. The number of rotatable bonds is 4. The molecule has 1 aromatic rings. The highest BCUT2D eigenvalue weighted by atomic mass is 16.5. The van der Waals surface area contributed by atoms with Gasteiger partial charge in [0.15, 0.2) is 5.76 Å². The van der Waals surface area contributed by atoms with Crippen LogP contribution in [-0.4, -0.2) is 73.9 Å². The Kier molecular flexibility index (Phi) is 5.27. The second-order valence-electron chi connectivity index (χ2n) is 7.35. The molecule has 134 valence electrons. The third-order valence-corrected chi connectivity index (χ3v) is 5.08. The zero-order chi connectivity index (χ0) is 17.2. The van der Waals surface area contributed by atoms with Crippen LogP contribution in [0, 0.1) is 5.92 Å². The Hall–Kier alpha value is -1.37. The Morgan fingerprint density at radius 3 is 3.04 bits per heavy atom. The van der Waals surface area contributed by atoms with E-state index in [1.54, 1.807) is 17.0 Å². The molecule has 2 atom stereocenters. The van der Waals surface area contributed by atoms with E-state index in [1.165, 1.54) is 6.26 Å². The lowest BCUT2D eigenvalue weighted by Gasteiger charge is -2.31. The number of furan rings is 1. The summed E-state index contributed by atoms with van der Waals surface area (Å²) in [5.41, 5.74) is -0.388. The van der Waals surface area contributed by atoms with Gasteiger partial charge in [-0.3, -0.25) is 4.79 Å². The van der Waals surface area contributed by atoms with Gasteiger partial charge in [-0.05, 0) is 45.4 Å². The van der Waals surface area contributed by atoms with Crippen LogP contribution in [0.25, 0.3) is 0 Å². The van der Waals surface area contributed by atoms with E-state index in [0.717, 1.165) is 19.6 Å². The normalized spacial score (nSPS) is 28.0. The predicted octanol–water partition coefficient (Wildman–Crippen LogP) is 1.87. The second-order valence-corrected chi connectivity index (χ2v) is 7.35. The maximum atomic E-state index is 12.6. The molecule has 0 unspecified atom stereocenters. The third kappa shape index (κ3) is 3.82. The minimum Gasteiger partial charge on any atom is -0.459 e. The summed E-state index contributed by atoms with van der Waals surface area (Å²) < 4.78 is 17.2. The zero-order valence-corrected chi connectivity index (χ0v) is 14.9. The number of carbonyl (C=O) groups excluding carboxylic acids is 1. The van der Waals surface area contributed by atoms with E-state index < -0.39 is 0 Å². The van der Waals surface area contributed by atoms with Crippen LogP contribution in [0.3, 0.4) is 0 Å². The Morgan fingerprint density at radius 2 is 2.33 bits per heavy atom. The average Bonchev–Trinajstić information content (AvgIpc) is 3.15. The van der Waals surface area contributed by atoms with E-state index in [4.69, 9.17) is 13.9 Å². The zero-order valence-electron chi connectivity index (χ0n) is 14.9. The summed E-state index contributed by atoms with van der Waals surface area (Å²) >= 11 is 0. The minimum atomic E-state index is -0.388. The molecule has 6 heteroatoms. The van der Waals surface area contributed by atoms with Gasteiger partial charge in [0.25, 0.3) is 5.91 Å². The molecule has 2 fully saturated rings. The van der Waals surface area contributed by atoms with Crippen molar-refractivity contribution in [2.45, 2.75) is 31.9 Å². The number of nitrogens with zero attached hydrogens (tertiary/aromatic N) is 2. The Labute approximate surface area is 143 Å². The Morgan fingerprint density at radius 1 is 1.50 bits per heavy atom. The van der Waals surface area contributed by atoms with Gasteiger partial charge in [0, 0.05) is 19.1 Å². The average molecular weight is 336 g/mol. The van der Waals surface area contributed by atoms with Crippen molar-refractivity contribution in [3.8, 4) is 0 Å². The van der Waals surface area contributed by atoms with Crippen molar-refractivity contribution in [3.63, 3.8) is 0 Å². The fourth-order valence-electron chi connectivity index (χ4n) is 3.52. The van der Waals surface area contributed by atoms with E-state index in [1.807, 2.05) is 0 Å². The number of hydrogen-bond acceptors (Lipinski definition) is 5. The number of carbonyl (C=O) groups is 1. The molecule has 3 rings (SSSR count). The van der Waals surface area contributed by atoms with E-state index in [2.05, 4.69) is 25.8 Å². The predicted molar refractivity (Wildman–Crippen MR) is 90.0 cm³/mol. The van der Waals surface area contributed by atoms with Gasteiger partial charge in [0.05, 0.1) is 32.6 Å². The molecule has 2 aliphatic rings. The van der Waals surface area contributed by atoms with Gasteiger partial charge in [0.2, 0.25) is 0 Å². The van der Waals surface area contributed by atoms with Crippen LogP contribution in [0.2, 0.25) is 0 Å². The SMILES string of the molecule is CC(C)N(C)C[C@H]1CO[C@]2(COCCN(C(=O)c3ccco3)C2)C1. The van der Waals surface area contributed by atoms with Crippen LogP contribution >= 0.6 is 0 Å². The maximum Gasteiger partial charge on any atom is 0.289 e. The third-order valence-electron chi connectivity index (χ3n) is 5.08. The molecule has 2 aliphatic heterocycles. The van der Waals surface area contributed by atoms with Gasteiger partial charge in [0.1, 0.15) is 5.60 Å². The lowest BCUT2D eigenvalue weighted by molar-refractivity contribution is -0.0540. The number of ether oxygens (including phenoxy) is 2. The standard InChI is InChI=1S/C18H28N2O4/c1-14(2)19(3)10-15-9-18(24-11-15)12-20(6-8-22-13-18)17(21)16-5-4-7-23-16/h4-5,7,14-15H,6,8-13H2,1-3H3/t15-,18+/m0/s1. The van der Waals surface area contributed by atoms with Crippen molar-refractivity contribution >= 4 is 5.91 Å². The molecule has 2 saturated heterocycles. The molecule has 24 heavy (non-hydrogen) atoms. The summed E-state index contributed by atoms with van der Waals surface area (Å²) in [6.07, 6.45) is 2.45. The largest absolute Gasteiger partial charge is 0.459 e. The fraction of sp³-hybridized carbons (Fsp3) is 0.722. The topological polar surface area (TPSA) is 55.2 Å². The first-order valence-electron chi connectivity index (χ1n) is 8.74. The molecule has 0 aliphatic carbocycles. The van der Waals surface area contributed by atoms with Gasteiger partial charge in [-0.1, -0.05) is 0 Å². The van der Waals surface area contributed by atoms with Gasteiger partial charge in [-0.15, -0.1) is 0 Å². The summed E-state index contributed by atoms with van der Waals surface area (Å²) in [6, 6.07) is 3.96. The summed E-state index contributed by atoms with van der Waals surface area (Å²) in [5, 5.41) is 0. The lowest BCUT2D eigenvalue weighted by Crippen LogP contribution is -2.46. The molecule has 1 amide bonds. The first-order chi connectivity index (χ1) is 11.5. The molecular formula is C18H28N2O4. The van der Waals surface area contributed by atoms with E-state index in [-0.39, 0.29) is 11.5 Å². The summed E-state index contributed by atoms with van der Waals surface area (Å²) in [7, 11) is 2.14. The van der Waals surface area contributed by atoms with E-state index in [9.17, 15) is 4.79 Å². The number of hydrogen-bond donors (Lipinski definition) is 0. The minimum absolute atomic E-state index is 0.0868. The molecule has 3 heterocycles. The Balaban J connectivity index is 1.65. The molecule has 6 nitrogen and oxygen atoms in total. The fourth-order valence-corrected chi connectivity index (χ4v) is 3.52. The van der Waals surface area contributed by atoms with Crippen LogP contribution < -0.4 is 0 Å². The number of amides is 1. The summed E-state index contributed by atoms with van der Waals surface area (Å²) in [4.78, 5) is 16.8. The Bertz CT molecular complexity index is 545. The van der Waals surface area contributed by atoms with Crippen molar-refractivity contribution in [2.24, 2.45) is 5.92 Å². The van der Waals surface area contributed by atoms with Crippen molar-refractivity contribution in [2.75, 3.05) is 46.5 Å². The van der Waals surface area contributed by atoms with Gasteiger partial charge >= 0.3 is 0 Å². The summed E-state index contributed by atoms with van der Waals surface area (Å²) in [5.74, 6) is 0.761. The van der Waals surface area contributed by atoms with Crippen LogP contribution in [0.1, 0.15) is 30.8 Å². The van der Waals surface area contributed by atoms with Crippen molar-refractivity contribution in [1.82, 2.24) is 9.80 Å². The van der Waals surface area contributed by atoms with Crippen molar-refractivity contribution in [3.05, 3.63) is 24.2 Å². The highest BCUT2D eigenvalue weighted by Crippen LogP contribution is 2.33. The smallest absolute Gasteiger partial charge is 0.289 e. The van der Waals surface area contributed by atoms with E-state index >= 15 is 0 Å². The second kappa shape index (κ2) is 7.25. The quantitative estimate of drug-likeness (QED) is 0.840. The maximum absolute atomic E-state index is 12.6.